The Bertz CT molecular complexity index is 854. The smallest absolute Gasteiger partial charge is 0.320 e. The zero-order valence-electron chi connectivity index (χ0n) is 14.7. The number of hydrogen-bond donors (Lipinski definition) is 4. The highest BCUT2D eigenvalue weighted by Gasteiger charge is 2.29. The number of thiazole rings is 1. The molecule has 8 nitrogen and oxygen atoms in total. The molecule has 1 aromatic carbocycles. The van der Waals surface area contributed by atoms with E-state index in [1.54, 1.807) is 0 Å². The molecule has 4 N–H and O–H groups in total. The third-order valence-electron chi connectivity index (χ3n) is 3.77. The van der Waals surface area contributed by atoms with Crippen LogP contribution in [0, 0.1) is 17.7 Å². The molecule has 0 aliphatic rings. The van der Waals surface area contributed by atoms with Crippen molar-refractivity contribution in [3.63, 3.8) is 0 Å². The Hall–Kier alpha value is -2.59. The van der Waals surface area contributed by atoms with Gasteiger partial charge in [0.2, 0.25) is 5.91 Å². The largest absolute Gasteiger partial charge is 0.481 e. The number of aromatic nitrogens is 1. The topological polar surface area (TPSA) is 129 Å². The lowest BCUT2D eigenvalue weighted by Gasteiger charge is -2.19. The lowest BCUT2D eigenvalue weighted by Crippen LogP contribution is -2.45. The van der Waals surface area contributed by atoms with E-state index in [0.717, 1.165) is 11.3 Å². The Morgan fingerprint density at radius 1 is 1.22 bits per heavy atom. The predicted octanol–water partition coefficient (Wildman–Crippen LogP) is 2.16. The number of amides is 1. The van der Waals surface area contributed by atoms with Crippen molar-refractivity contribution in [1.29, 1.82) is 0 Å². The monoisotopic (exact) mass is 397 g/mol. The van der Waals surface area contributed by atoms with Crippen LogP contribution in [0.4, 0.5) is 9.52 Å². The van der Waals surface area contributed by atoms with Gasteiger partial charge in [-0.2, -0.15) is 0 Å². The minimum atomic E-state index is -1.50. The summed E-state index contributed by atoms with van der Waals surface area (Å²) in [4.78, 5) is 39.1. The van der Waals surface area contributed by atoms with Gasteiger partial charge in [0.25, 0.3) is 0 Å². The molecule has 0 spiro atoms. The summed E-state index contributed by atoms with van der Waals surface area (Å²) in [6.07, 6.45) is 0.298. The van der Waals surface area contributed by atoms with Crippen LogP contribution in [0.5, 0.6) is 0 Å². The van der Waals surface area contributed by atoms with E-state index < -0.39 is 35.6 Å². The summed E-state index contributed by atoms with van der Waals surface area (Å²) >= 11 is 1.02. The highest BCUT2D eigenvalue weighted by atomic mass is 32.1. The van der Waals surface area contributed by atoms with E-state index in [0.29, 0.717) is 16.6 Å². The van der Waals surface area contributed by atoms with Crippen molar-refractivity contribution in [3.05, 3.63) is 24.0 Å². The quantitative estimate of drug-likeness (QED) is 0.477. The van der Waals surface area contributed by atoms with Gasteiger partial charge in [-0.15, -0.1) is 0 Å². The van der Waals surface area contributed by atoms with Crippen LogP contribution in [-0.4, -0.2) is 45.6 Å². The van der Waals surface area contributed by atoms with Gasteiger partial charge >= 0.3 is 11.9 Å². The first-order valence-electron chi connectivity index (χ1n) is 8.23. The number of anilines is 1. The zero-order chi connectivity index (χ0) is 20.1. The molecule has 0 aliphatic carbocycles. The fraction of sp³-hybridized carbons (Fsp3) is 0.412. The third kappa shape index (κ3) is 5.69. The fourth-order valence-electron chi connectivity index (χ4n) is 2.44. The molecule has 27 heavy (non-hydrogen) atoms. The summed E-state index contributed by atoms with van der Waals surface area (Å²) < 4.78 is 13.7. The maximum atomic E-state index is 13.2. The van der Waals surface area contributed by atoms with E-state index in [9.17, 15) is 29.0 Å². The molecule has 0 saturated carbocycles. The van der Waals surface area contributed by atoms with Crippen molar-refractivity contribution >= 4 is 44.5 Å². The number of carbonyl (C=O) groups excluding carboxylic acids is 1. The van der Waals surface area contributed by atoms with Gasteiger partial charge < -0.3 is 20.8 Å². The van der Waals surface area contributed by atoms with Gasteiger partial charge in [0.1, 0.15) is 17.8 Å². The Kier molecular flexibility index (Phi) is 6.81. The van der Waals surface area contributed by atoms with Crippen LogP contribution in [-0.2, 0) is 14.4 Å². The molecule has 0 radical (unpaired) electrons. The van der Waals surface area contributed by atoms with E-state index >= 15 is 0 Å². The van der Waals surface area contributed by atoms with E-state index in [1.165, 1.54) is 18.2 Å². The second-order valence-electron chi connectivity index (χ2n) is 6.44. The molecule has 2 unspecified atom stereocenters. The SMILES string of the molecule is CC(C)CC(NCC(C(=O)O)C(=O)Nc1nc2ccc(F)cc2s1)C(=O)O. The molecule has 0 bridgehead atoms. The molecule has 146 valence electrons. The highest BCUT2D eigenvalue weighted by Crippen LogP contribution is 2.26. The predicted molar refractivity (Wildman–Crippen MR) is 98.2 cm³/mol. The molecule has 0 aliphatic heterocycles. The van der Waals surface area contributed by atoms with Gasteiger partial charge in [0.05, 0.1) is 10.2 Å². The average Bonchev–Trinajstić information content (AvgIpc) is 2.94. The molecule has 1 heterocycles. The minimum Gasteiger partial charge on any atom is -0.481 e. The van der Waals surface area contributed by atoms with Crippen molar-refractivity contribution in [2.75, 3.05) is 11.9 Å². The van der Waals surface area contributed by atoms with Crippen LogP contribution < -0.4 is 10.6 Å². The fourth-order valence-corrected chi connectivity index (χ4v) is 3.33. The van der Waals surface area contributed by atoms with Crippen molar-refractivity contribution in [2.24, 2.45) is 11.8 Å². The summed E-state index contributed by atoms with van der Waals surface area (Å²) in [5.41, 5.74) is 0.476. The van der Waals surface area contributed by atoms with Crippen LogP contribution >= 0.6 is 11.3 Å². The Morgan fingerprint density at radius 2 is 1.93 bits per heavy atom. The Morgan fingerprint density at radius 3 is 2.52 bits per heavy atom. The zero-order valence-corrected chi connectivity index (χ0v) is 15.5. The van der Waals surface area contributed by atoms with Gasteiger partial charge in [0, 0.05) is 6.54 Å². The summed E-state index contributed by atoms with van der Waals surface area (Å²) in [7, 11) is 0. The number of nitrogens with one attached hydrogen (secondary N) is 2. The van der Waals surface area contributed by atoms with Crippen LogP contribution in [0.3, 0.4) is 0 Å². The van der Waals surface area contributed by atoms with E-state index in [4.69, 9.17) is 0 Å². The first-order valence-corrected chi connectivity index (χ1v) is 9.05. The van der Waals surface area contributed by atoms with Gasteiger partial charge in [0.15, 0.2) is 5.13 Å². The normalized spacial score (nSPS) is 13.5. The van der Waals surface area contributed by atoms with Gasteiger partial charge in [-0.25, -0.2) is 9.37 Å². The maximum Gasteiger partial charge on any atom is 0.320 e. The number of aliphatic carboxylic acids is 2. The van der Waals surface area contributed by atoms with Crippen molar-refractivity contribution < 1.29 is 29.0 Å². The molecule has 2 aromatic rings. The average molecular weight is 397 g/mol. The number of carbonyl (C=O) groups is 3. The van der Waals surface area contributed by atoms with Gasteiger partial charge in [-0.1, -0.05) is 25.2 Å². The summed E-state index contributed by atoms with van der Waals surface area (Å²) in [6, 6.07) is 3.00. The first-order chi connectivity index (χ1) is 12.7. The molecule has 1 amide bonds. The van der Waals surface area contributed by atoms with Gasteiger partial charge in [-0.3, -0.25) is 14.4 Å². The van der Waals surface area contributed by atoms with E-state index in [-0.39, 0.29) is 17.6 Å². The summed E-state index contributed by atoms with van der Waals surface area (Å²) in [5.74, 6) is -5.19. The summed E-state index contributed by atoms with van der Waals surface area (Å²) in [6.45, 7) is 3.34. The number of fused-ring (bicyclic) bond motifs is 1. The number of rotatable bonds is 9. The van der Waals surface area contributed by atoms with E-state index in [2.05, 4.69) is 15.6 Å². The van der Waals surface area contributed by atoms with E-state index in [1.807, 2.05) is 13.8 Å². The lowest BCUT2D eigenvalue weighted by atomic mass is 10.0. The molecule has 10 heteroatoms. The molecular formula is C17H20FN3O5S. The van der Waals surface area contributed by atoms with Crippen molar-refractivity contribution in [1.82, 2.24) is 10.3 Å². The Labute approximate surface area is 158 Å². The molecule has 0 saturated heterocycles. The molecular weight excluding hydrogens is 377 g/mol. The standard InChI is InChI=1S/C17H20FN3O5S/c1-8(2)5-12(16(25)26)19-7-10(15(23)24)14(22)21-17-20-11-4-3-9(18)6-13(11)27-17/h3-4,6,8,10,12,19H,5,7H2,1-2H3,(H,23,24)(H,25,26)(H,20,21,22). The lowest BCUT2D eigenvalue weighted by molar-refractivity contribution is -0.146. The molecule has 2 rings (SSSR count). The number of carboxylic acids is 2. The number of carboxylic acid groups (broad SMARTS) is 2. The second-order valence-corrected chi connectivity index (χ2v) is 7.47. The molecule has 2 atom stereocenters. The van der Waals surface area contributed by atoms with Crippen LogP contribution in [0.15, 0.2) is 18.2 Å². The Balaban J connectivity index is 2.07. The number of benzene rings is 1. The molecule has 1 aromatic heterocycles. The van der Waals surface area contributed by atoms with Crippen LogP contribution in [0.2, 0.25) is 0 Å². The number of nitrogens with zero attached hydrogens (tertiary/aromatic N) is 1. The van der Waals surface area contributed by atoms with Crippen molar-refractivity contribution in [3.8, 4) is 0 Å². The molecule has 0 fully saturated rings. The highest BCUT2D eigenvalue weighted by molar-refractivity contribution is 7.22. The number of hydrogen-bond acceptors (Lipinski definition) is 6. The second kappa shape index (κ2) is 8.87. The number of halogens is 1. The van der Waals surface area contributed by atoms with Crippen LogP contribution in [0.1, 0.15) is 20.3 Å². The van der Waals surface area contributed by atoms with Crippen LogP contribution in [0.25, 0.3) is 10.2 Å². The summed E-state index contributed by atoms with van der Waals surface area (Å²) in [5, 5.41) is 23.7. The minimum absolute atomic E-state index is 0.0823. The maximum absolute atomic E-state index is 13.2. The van der Waals surface area contributed by atoms with Crippen molar-refractivity contribution in [2.45, 2.75) is 26.3 Å². The first kappa shape index (κ1) is 20.7. The van der Waals surface area contributed by atoms with Gasteiger partial charge in [-0.05, 0) is 30.5 Å². The third-order valence-corrected chi connectivity index (χ3v) is 4.70.